The molecule has 2 aliphatic rings. The highest BCUT2D eigenvalue weighted by molar-refractivity contribution is 7.91. The molecule has 0 radical (unpaired) electrons. The van der Waals surface area contributed by atoms with Gasteiger partial charge in [0.1, 0.15) is 5.60 Å². The standard InChI is InChI=1S/C16H30N2O4S/c1-16(2,3)22-15(19)18-9-7-13(11-18)6-8-17-14-5-4-10-23(20,21)12-14/h13-14,17H,4-12H2,1-3H3. The summed E-state index contributed by atoms with van der Waals surface area (Å²) >= 11 is 0. The average molecular weight is 346 g/mol. The van der Waals surface area contributed by atoms with E-state index in [1.165, 1.54) is 0 Å². The van der Waals surface area contributed by atoms with Gasteiger partial charge in [0.05, 0.1) is 11.5 Å². The first-order valence-electron chi connectivity index (χ1n) is 8.56. The second-order valence-electron chi connectivity index (χ2n) is 7.78. The first-order valence-corrected chi connectivity index (χ1v) is 10.4. The molecule has 23 heavy (non-hydrogen) atoms. The number of nitrogens with one attached hydrogen (secondary N) is 1. The van der Waals surface area contributed by atoms with Crippen LogP contribution < -0.4 is 5.32 Å². The Balaban J connectivity index is 1.67. The van der Waals surface area contributed by atoms with E-state index in [1.54, 1.807) is 4.90 Å². The molecular formula is C16H30N2O4S. The molecule has 0 aromatic rings. The minimum absolute atomic E-state index is 0.0945. The molecule has 1 N–H and O–H groups in total. The SMILES string of the molecule is CC(C)(C)OC(=O)N1CCC(CCNC2CCCS(=O)(=O)C2)C1. The molecule has 0 saturated carbocycles. The minimum Gasteiger partial charge on any atom is -0.444 e. The van der Waals surface area contributed by atoms with E-state index >= 15 is 0 Å². The van der Waals surface area contributed by atoms with Crippen LogP contribution in [0.4, 0.5) is 4.79 Å². The van der Waals surface area contributed by atoms with Crippen LogP contribution >= 0.6 is 0 Å². The van der Waals surface area contributed by atoms with E-state index in [9.17, 15) is 13.2 Å². The maximum absolute atomic E-state index is 12.0. The molecule has 2 fully saturated rings. The normalized spacial score (nSPS) is 27.9. The summed E-state index contributed by atoms with van der Waals surface area (Å²) in [4.78, 5) is 13.8. The van der Waals surface area contributed by atoms with Gasteiger partial charge < -0.3 is 15.0 Å². The van der Waals surface area contributed by atoms with Crippen molar-refractivity contribution in [2.45, 2.75) is 58.1 Å². The van der Waals surface area contributed by atoms with Crippen LogP contribution in [0.5, 0.6) is 0 Å². The van der Waals surface area contributed by atoms with E-state index in [2.05, 4.69) is 5.32 Å². The van der Waals surface area contributed by atoms with Gasteiger partial charge in [-0.2, -0.15) is 0 Å². The molecular weight excluding hydrogens is 316 g/mol. The number of ether oxygens (including phenoxy) is 1. The Morgan fingerprint density at radius 2 is 2.04 bits per heavy atom. The summed E-state index contributed by atoms with van der Waals surface area (Å²) in [6.07, 6.45) is 3.43. The quantitative estimate of drug-likeness (QED) is 0.840. The van der Waals surface area contributed by atoms with Crippen LogP contribution in [-0.4, -0.2) is 62.2 Å². The van der Waals surface area contributed by atoms with Crippen molar-refractivity contribution in [2.75, 3.05) is 31.1 Å². The molecule has 0 bridgehead atoms. The van der Waals surface area contributed by atoms with Crippen LogP contribution in [0.3, 0.4) is 0 Å². The number of carbonyl (C=O) groups excluding carboxylic acids is 1. The number of rotatable bonds is 4. The van der Waals surface area contributed by atoms with Gasteiger partial charge in [-0.3, -0.25) is 0 Å². The lowest BCUT2D eigenvalue weighted by atomic mass is 10.0. The summed E-state index contributed by atoms with van der Waals surface area (Å²) in [5, 5.41) is 3.37. The Hall–Kier alpha value is -0.820. The average Bonchev–Trinajstić information content (AvgIpc) is 2.84. The van der Waals surface area contributed by atoms with Gasteiger partial charge >= 0.3 is 6.09 Å². The van der Waals surface area contributed by atoms with Gasteiger partial charge in [-0.05, 0) is 58.9 Å². The van der Waals surface area contributed by atoms with Gasteiger partial charge in [0.2, 0.25) is 0 Å². The van der Waals surface area contributed by atoms with Gasteiger partial charge in [-0.15, -0.1) is 0 Å². The molecule has 6 nitrogen and oxygen atoms in total. The molecule has 2 atom stereocenters. The number of nitrogens with zero attached hydrogens (tertiary/aromatic N) is 1. The Bertz CT molecular complexity index is 513. The summed E-state index contributed by atoms with van der Waals surface area (Å²) in [5.74, 6) is 1.07. The molecule has 0 aromatic carbocycles. The maximum Gasteiger partial charge on any atom is 0.410 e. The molecule has 0 aliphatic carbocycles. The first-order chi connectivity index (χ1) is 10.6. The predicted octanol–water partition coefficient (Wildman–Crippen LogP) is 1.80. The smallest absolute Gasteiger partial charge is 0.410 e. The molecule has 7 heteroatoms. The number of hydrogen-bond donors (Lipinski definition) is 1. The van der Waals surface area contributed by atoms with Crippen molar-refractivity contribution >= 4 is 15.9 Å². The highest BCUT2D eigenvalue weighted by Gasteiger charge is 2.30. The van der Waals surface area contributed by atoms with E-state index in [0.29, 0.717) is 11.7 Å². The zero-order chi connectivity index (χ0) is 17.1. The fourth-order valence-corrected chi connectivity index (χ4v) is 4.91. The molecule has 2 heterocycles. The fourth-order valence-electron chi connectivity index (χ4n) is 3.24. The lowest BCUT2D eigenvalue weighted by Crippen LogP contribution is -2.41. The van der Waals surface area contributed by atoms with Gasteiger partial charge in [0.15, 0.2) is 9.84 Å². The summed E-state index contributed by atoms with van der Waals surface area (Å²) < 4.78 is 28.6. The third-order valence-electron chi connectivity index (χ3n) is 4.39. The Kier molecular flexibility index (Phi) is 5.94. The van der Waals surface area contributed by atoms with E-state index < -0.39 is 15.4 Å². The van der Waals surface area contributed by atoms with Crippen LogP contribution in [-0.2, 0) is 14.6 Å². The number of likely N-dealkylation sites (tertiary alicyclic amines) is 1. The molecule has 134 valence electrons. The third kappa shape index (κ3) is 6.30. The van der Waals surface area contributed by atoms with Gasteiger partial charge in [-0.1, -0.05) is 0 Å². The van der Waals surface area contributed by atoms with Crippen LogP contribution in [0.1, 0.15) is 46.5 Å². The summed E-state index contributed by atoms with van der Waals surface area (Å²) in [6, 6.07) is 0.0945. The largest absolute Gasteiger partial charge is 0.444 e. The van der Waals surface area contributed by atoms with Crippen LogP contribution in [0.15, 0.2) is 0 Å². The van der Waals surface area contributed by atoms with Crippen molar-refractivity contribution in [1.82, 2.24) is 10.2 Å². The molecule has 2 aliphatic heterocycles. The lowest BCUT2D eigenvalue weighted by molar-refractivity contribution is 0.0287. The zero-order valence-corrected chi connectivity index (χ0v) is 15.3. The van der Waals surface area contributed by atoms with Gasteiger partial charge in [-0.25, -0.2) is 13.2 Å². The molecule has 0 spiro atoms. The molecule has 0 aromatic heterocycles. The third-order valence-corrected chi connectivity index (χ3v) is 6.21. The van der Waals surface area contributed by atoms with Crippen LogP contribution in [0.2, 0.25) is 0 Å². The maximum atomic E-state index is 12.0. The Morgan fingerprint density at radius 1 is 1.30 bits per heavy atom. The number of hydrogen-bond acceptors (Lipinski definition) is 5. The summed E-state index contributed by atoms with van der Waals surface area (Å²) in [5.41, 5.74) is -0.455. The highest BCUT2D eigenvalue weighted by Crippen LogP contribution is 2.22. The molecule has 1 amide bonds. The molecule has 2 unspecified atom stereocenters. The topological polar surface area (TPSA) is 75.7 Å². The van der Waals surface area contributed by atoms with E-state index in [4.69, 9.17) is 4.74 Å². The summed E-state index contributed by atoms with van der Waals surface area (Å²) in [6.45, 7) is 7.92. The van der Waals surface area contributed by atoms with Crippen molar-refractivity contribution in [3.05, 3.63) is 0 Å². The second-order valence-corrected chi connectivity index (χ2v) is 10.0. The van der Waals surface area contributed by atoms with Crippen molar-refractivity contribution in [3.63, 3.8) is 0 Å². The molecule has 2 rings (SSSR count). The van der Waals surface area contributed by atoms with Crippen molar-refractivity contribution in [2.24, 2.45) is 5.92 Å². The number of sulfone groups is 1. The second kappa shape index (κ2) is 7.38. The first kappa shape index (κ1) is 18.5. The minimum atomic E-state index is -2.85. The summed E-state index contributed by atoms with van der Waals surface area (Å²) in [7, 11) is -2.85. The van der Waals surface area contributed by atoms with E-state index in [-0.39, 0.29) is 17.9 Å². The van der Waals surface area contributed by atoms with E-state index in [0.717, 1.165) is 45.3 Å². The fraction of sp³-hybridized carbons (Fsp3) is 0.938. The highest BCUT2D eigenvalue weighted by atomic mass is 32.2. The van der Waals surface area contributed by atoms with Gasteiger partial charge in [0.25, 0.3) is 0 Å². The Labute approximate surface area is 139 Å². The van der Waals surface area contributed by atoms with Crippen LogP contribution in [0.25, 0.3) is 0 Å². The van der Waals surface area contributed by atoms with Crippen LogP contribution in [0, 0.1) is 5.92 Å². The van der Waals surface area contributed by atoms with Gasteiger partial charge in [0, 0.05) is 19.1 Å². The zero-order valence-electron chi connectivity index (χ0n) is 14.5. The number of amides is 1. The van der Waals surface area contributed by atoms with Crippen molar-refractivity contribution in [3.8, 4) is 0 Å². The van der Waals surface area contributed by atoms with E-state index in [1.807, 2.05) is 20.8 Å². The number of carbonyl (C=O) groups is 1. The monoisotopic (exact) mass is 346 g/mol. The predicted molar refractivity (Wildman–Crippen MR) is 90.2 cm³/mol. The van der Waals surface area contributed by atoms with Crippen molar-refractivity contribution in [1.29, 1.82) is 0 Å². The molecule has 2 saturated heterocycles. The Morgan fingerprint density at radius 3 is 2.70 bits per heavy atom. The van der Waals surface area contributed by atoms with Crippen molar-refractivity contribution < 1.29 is 17.9 Å². The lowest BCUT2D eigenvalue weighted by Gasteiger charge is -2.25.